The highest BCUT2D eigenvalue weighted by Gasteiger charge is 2.24. The van der Waals surface area contributed by atoms with Gasteiger partial charge < -0.3 is 14.8 Å². The molecule has 3 rings (SSSR count). The molecule has 0 unspecified atom stereocenters. The fraction of sp³-hybridized carbons (Fsp3) is 0.417. The minimum Gasteiger partial charge on any atom is -0.492 e. The van der Waals surface area contributed by atoms with Gasteiger partial charge in [0.25, 0.3) is 0 Å². The molecule has 1 aliphatic rings. The predicted octanol–water partition coefficient (Wildman–Crippen LogP) is 3.06. The molecule has 2 aromatic rings. The van der Waals surface area contributed by atoms with Crippen LogP contribution in [-0.2, 0) is 16.0 Å². The second-order valence-electron chi connectivity index (χ2n) is 7.61. The molecule has 1 heterocycles. The fourth-order valence-electron chi connectivity index (χ4n) is 3.68. The van der Waals surface area contributed by atoms with Crippen molar-refractivity contribution in [1.29, 1.82) is 0 Å². The van der Waals surface area contributed by atoms with Crippen molar-refractivity contribution >= 4 is 11.9 Å². The summed E-state index contributed by atoms with van der Waals surface area (Å²) in [6, 6.07) is 13.5. The van der Waals surface area contributed by atoms with Crippen LogP contribution in [0, 0.1) is 11.7 Å². The molecule has 1 aliphatic heterocycles. The first-order valence-corrected chi connectivity index (χ1v) is 10.6. The van der Waals surface area contributed by atoms with E-state index in [0.717, 1.165) is 32.5 Å². The molecular weight excluding hydrogens is 399 g/mol. The fourth-order valence-corrected chi connectivity index (χ4v) is 3.68. The van der Waals surface area contributed by atoms with Crippen LogP contribution in [0.5, 0.6) is 5.75 Å². The van der Waals surface area contributed by atoms with Gasteiger partial charge in [-0.05, 0) is 68.2 Å². The highest BCUT2D eigenvalue weighted by Crippen LogP contribution is 2.18. The minimum absolute atomic E-state index is 0.00338. The maximum Gasteiger partial charge on any atom is 0.337 e. The monoisotopic (exact) mass is 428 g/mol. The molecule has 6 nitrogen and oxygen atoms in total. The molecule has 166 valence electrons. The first-order valence-electron chi connectivity index (χ1n) is 10.6. The summed E-state index contributed by atoms with van der Waals surface area (Å²) in [4.78, 5) is 26.1. The van der Waals surface area contributed by atoms with Crippen LogP contribution in [0.1, 0.15) is 28.8 Å². The average molecular weight is 429 g/mol. The average Bonchev–Trinajstić information content (AvgIpc) is 2.80. The Morgan fingerprint density at radius 2 is 1.81 bits per heavy atom. The lowest BCUT2D eigenvalue weighted by atomic mass is 9.96. The topological polar surface area (TPSA) is 67.9 Å². The van der Waals surface area contributed by atoms with Gasteiger partial charge in [0.2, 0.25) is 5.91 Å². The van der Waals surface area contributed by atoms with Gasteiger partial charge in [-0.2, -0.15) is 0 Å². The van der Waals surface area contributed by atoms with Crippen molar-refractivity contribution < 1.29 is 23.5 Å². The Morgan fingerprint density at radius 3 is 2.48 bits per heavy atom. The number of hydrogen-bond acceptors (Lipinski definition) is 5. The standard InChI is InChI=1S/C24H29FN2O4/c1-30-24(29)20-6-8-21(9-7-20)31-17-16-27-14-11-19(12-15-27)23(28)26-13-10-18-4-2-3-5-22(18)25/h2-9,19H,10-17H2,1H3,(H,26,28). The molecule has 0 atom stereocenters. The van der Waals surface area contributed by atoms with Gasteiger partial charge in [0.1, 0.15) is 18.2 Å². The number of esters is 1. The van der Waals surface area contributed by atoms with Crippen LogP contribution in [0.25, 0.3) is 0 Å². The van der Waals surface area contributed by atoms with E-state index in [-0.39, 0.29) is 23.6 Å². The molecule has 0 spiro atoms. The number of likely N-dealkylation sites (tertiary alicyclic amines) is 1. The number of methoxy groups -OCH3 is 1. The summed E-state index contributed by atoms with van der Waals surface area (Å²) < 4.78 is 24.1. The second kappa shape index (κ2) is 11.5. The molecule has 31 heavy (non-hydrogen) atoms. The lowest BCUT2D eigenvalue weighted by Crippen LogP contribution is -2.42. The highest BCUT2D eigenvalue weighted by molar-refractivity contribution is 5.89. The molecule has 1 saturated heterocycles. The van der Waals surface area contributed by atoms with Crippen LogP contribution in [-0.4, -0.2) is 56.7 Å². The van der Waals surface area contributed by atoms with Gasteiger partial charge in [-0.1, -0.05) is 18.2 Å². The third-order valence-electron chi connectivity index (χ3n) is 5.56. The van der Waals surface area contributed by atoms with E-state index in [0.29, 0.717) is 36.4 Å². The molecule has 1 fully saturated rings. The zero-order chi connectivity index (χ0) is 22.1. The van der Waals surface area contributed by atoms with E-state index in [4.69, 9.17) is 4.74 Å². The van der Waals surface area contributed by atoms with Gasteiger partial charge in [0, 0.05) is 19.0 Å². The molecule has 0 radical (unpaired) electrons. The zero-order valence-corrected chi connectivity index (χ0v) is 17.8. The predicted molar refractivity (Wildman–Crippen MR) is 116 cm³/mol. The normalized spacial score (nSPS) is 14.8. The summed E-state index contributed by atoms with van der Waals surface area (Å²) in [6.07, 6.45) is 2.11. The smallest absolute Gasteiger partial charge is 0.337 e. The lowest BCUT2D eigenvalue weighted by molar-refractivity contribution is -0.126. The number of piperidine rings is 1. The van der Waals surface area contributed by atoms with Crippen LogP contribution in [0.3, 0.4) is 0 Å². The first-order chi connectivity index (χ1) is 15.1. The number of nitrogens with one attached hydrogen (secondary N) is 1. The van der Waals surface area contributed by atoms with E-state index in [2.05, 4.69) is 15.0 Å². The van der Waals surface area contributed by atoms with Crippen LogP contribution in [0.2, 0.25) is 0 Å². The molecule has 0 aromatic heterocycles. The van der Waals surface area contributed by atoms with Gasteiger partial charge in [-0.3, -0.25) is 9.69 Å². The summed E-state index contributed by atoms with van der Waals surface area (Å²) in [7, 11) is 1.35. The maximum absolute atomic E-state index is 13.6. The zero-order valence-electron chi connectivity index (χ0n) is 17.8. The molecule has 0 saturated carbocycles. The van der Waals surface area contributed by atoms with Crippen molar-refractivity contribution in [2.45, 2.75) is 19.3 Å². The van der Waals surface area contributed by atoms with Gasteiger partial charge in [0.15, 0.2) is 0 Å². The van der Waals surface area contributed by atoms with E-state index < -0.39 is 0 Å². The second-order valence-corrected chi connectivity index (χ2v) is 7.61. The molecule has 1 amide bonds. The van der Waals surface area contributed by atoms with Crippen molar-refractivity contribution in [3.8, 4) is 5.75 Å². The molecule has 7 heteroatoms. The van der Waals surface area contributed by atoms with Crippen LogP contribution < -0.4 is 10.1 Å². The van der Waals surface area contributed by atoms with E-state index in [1.54, 1.807) is 42.5 Å². The number of ether oxygens (including phenoxy) is 2. The number of carbonyl (C=O) groups is 2. The number of rotatable bonds is 9. The van der Waals surface area contributed by atoms with Crippen molar-refractivity contribution in [1.82, 2.24) is 10.2 Å². The summed E-state index contributed by atoms with van der Waals surface area (Å²) in [5.74, 6) is 0.163. The summed E-state index contributed by atoms with van der Waals surface area (Å²) in [5, 5.41) is 2.94. The van der Waals surface area contributed by atoms with Crippen LogP contribution in [0.4, 0.5) is 4.39 Å². The summed E-state index contributed by atoms with van der Waals surface area (Å²) >= 11 is 0. The molecule has 1 N–H and O–H groups in total. The highest BCUT2D eigenvalue weighted by atomic mass is 19.1. The lowest BCUT2D eigenvalue weighted by Gasteiger charge is -2.31. The molecule has 0 bridgehead atoms. The molecular formula is C24H29FN2O4. The third kappa shape index (κ3) is 6.79. The maximum atomic E-state index is 13.6. The Hall–Kier alpha value is -2.93. The molecule has 0 aliphatic carbocycles. The van der Waals surface area contributed by atoms with Crippen LogP contribution >= 0.6 is 0 Å². The molecule has 2 aromatic carbocycles. The Bertz CT molecular complexity index is 864. The van der Waals surface area contributed by atoms with E-state index >= 15 is 0 Å². The quantitative estimate of drug-likeness (QED) is 0.622. The number of carbonyl (C=O) groups excluding carboxylic acids is 2. The number of benzene rings is 2. The SMILES string of the molecule is COC(=O)c1ccc(OCCN2CCC(C(=O)NCCc3ccccc3F)CC2)cc1. The minimum atomic E-state index is -0.370. The van der Waals surface area contributed by atoms with E-state index in [9.17, 15) is 14.0 Å². The van der Waals surface area contributed by atoms with Crippen molar-refractivity contribution in [2.75, 3.05) is 39.9 Å². The van der Waals surface area contributed by atoms with Crippen molar-refractivity contribution in [2.24, 2.45) is 5.92 Å². The summed E-state index contributed by atoms with van der Waals surface area (Å²) in [5.41, 5.74) is 1.11. The number of amides is 1. The van der Waals surface area contributed by atoms with E-state index in [1.165, 1.54) is 13.2 Å². The third-order valence-corrected chi connectivity index (χ3v) is 5.56. The van der Waals surface area contributed by atoms with Crippen molar-refractivity contribution in [3.05, 3.63) is 65.5 Å². The first kappa shape index (κ1) is 22.7. The largest absolute Gasteiger partial charge is 0.492 e. The van der Waals surface area contributed by atoms with E-state index in [1.807, 2.05) is 0 Å². The van der Waals surface area contributed by atoms with Crippen molar-refractivity contribution in [3.63, 3.8) is 0 Å². The Balaban J connectivity index is 1.31. The van der Waals surface area contributed by atoms with Crippen LogP contribution in [0.15, 0.2) is 48.5 Å². The van der Waals surface area contributed by atoms with Gasteiger partial charge >= 0.3 is 5.97 Å². The summed E-state index contributed by atoms with van der Waals surface area (Å²) in [6.45, 7) is 3.45. The Kier molecular flexibility index (Phi) is 8.41. The number of hydrogen-bond donors (Lipinski definition) is 1. The number of halogens is 1. The number of nitrogens with zero attached hydrogens (tertiary/aromatic N) is 1. The van der Waals surface area contributed by atoms with Gasteiger partial charge in [0.05, 0.1) is 12.7 Å². The van der Waals surface area contributed by atoms with Gasteiger partial charge in [-0.15, -0.1) is 0 Å². The van der Waals surface area contributed by atoms with Gasteiger partial charge in [-0.25, -0.2) is 9.18 Å². The Labute approximate surface area is 182 Å². The Morgan fingerprint density at radius 1 is 1.10 bits per heavy atom.